The van der Waals surface area contributed by atoms with Crippen LogP contribution in [0.1, 0.15) is 25.8 Å². The summed E-state index contributed by atoms with van der Waals surface area (Å²) in [4.78, 5) is 0. The average Bonchev–Trinajstić information content (AvgIpc) is 2.38. The van der Waals surface area contributed by atoms with Crippen molar-refractivity contribution in [2.75, 3.05) is 7.11 Å². The number of nitrogens with zero attached hydrogens (tertiary/aromatic N) is 2. The molecule has 0 aliphatic carbocycles. The third-order valence-corrected chi connectivity index (χ3v) is 1.07. The van der Waals surface area contributed by atoms with E-state index in [1.54, 1.807) is 18.0 Å². The Bertz CT molecular complexity index is 196. The molecule has 0 bridgehead atoms. The van der Waals surface area contributed by atoms with Gasteiger partial charge in [0.05, 0.1) is 12.8 Å². The summed E-state index contributed by atoms with van der Waals surface area (Å²) in [6, 6.07) is 0. The lowest BCUT2D eigenvalue weighted by atomic mass is 10.4. The highest BCUT2D eigenvalue weighted by Gasteiger charge is 1.91. The second-order valence-electron chi connectivity index (χ2n) is 2.66. The lowest BCUT2D eigenvalue weighted by Gasteiger charge is -1.89. The molecule has 12 heavy (non-hydrogen) atoms. The van der Waals surface area contributed by atoms with Gasteiger partial charge in [0.1, 0.15) is 0 Å². The van der Waals surface area contributed by atoms with Gasteiger partial charge in [0.25, 0.3) is 0 Å². The van der Waals surface area contributed by atoms with Crippen LogP contribution in [-0.4, -0.2) is 16.9 Å². The van der Waals surface area contributed by atoms with Crippen molar-refractivity contribution >= 4 is 0 Å². The number of hydrogen-bond acceptors (Lipinski definition) is 2. The molecule has 0 saturated heterocycles. The normalized spacial score (nSPS) is 9.00. The van der Waals surface area contributed by atoms with E-state index in [1.165, 1.54) is 6.42 Å². The van der Waals surface area contributed by atoms with E-state index in [0.717, 1.165) is 5.56 Å². The maximum absolute atomic E-state index is 4.89. The van der Waals surface area contributed by atoms with E-state index in [9.17, 15) is 0 Å². The van der Waals surface area contributed by atoms with Gasteiger partial charge in [-0.3, -0.25) is 4.68 Å². The van der Waals surface area contributed by atoms with E-state index >= 15 is 0 Å². The van der Waals surface area contributed by atoms with Crippen LogP contribution in [0.15, 0.2) is 12.4 Å². The molecule has 0 amide bonds. The van der Waals surface area contributed by atoms with Crippen molar-refractivity contribution in [3.05, 3.63) is 18.0 Å². The first-order valence-electron chi connectivity index (χ1n) is 4.21. The fourth-order valence-corrected chi connectivity index (χ4v) is 0.713. The monoisotopic (exact) mass is 170 g/mol. The predicted octanol–water partition coefficient (Wildman–Crippen LogP) is 1.98. The van der Waals surface area contributed by atoms with Gasteiger partial charge in [-0.15, -0.1) is 0 Å². The largest absolute Gasteiger partial charge is 0.380 e. The van der Waals surface area contributed by atoms with Crippen molar-refractivity contribution < 1.29 is 4.74 Å². The Morgan fingerprint density at radius 3 is 2.42 bits per heavy atom. The summed E-state index contributed by atoms with van der Waals surface area (Å²) < 4.78 is 6.65. The Morgan fingerprint density at radius 2 is 2.08 bits per heavy atom. The minimum absolute atomic E-state index is 0.647. The Labute approximate surface area is 74.3 Å². The van der Waals surface area contributed by atoms with E-state index in [4.69, 9.17) is 4.74 Å². The molecule has 70 valence electrons. The molecule has 3 nitrogen and oxygen atoms in total. The maximum atomic E-state index is 4.89. The van der Waals surface area contributed by atoms with Gasteiger partial charge in [-0.05, 0) is 0 Å². The molecule has 3 heteroatoms. The number of rotatable bonds is 2. The SMILES string of the molecule is CCC.COCc1cnn(C)c1. The maximum Gasteiger partial charge on any atom is 0.0743 e. The van der Waals surface area contributed by atoms with E-state index in [1.807, 2.05) is 13.2 Å². The molecule has 0 atom stereocenters. The topological polar surface area (TPSA) is 27.1 Å². The third kappa shape index (κ3) is 4.91. The van der Waals surface area contributed by atoms with Gasteiger partial charge < -0.3 is 4.74 Å². The van der Waals surface area contributed by atoms with E-state index in [2.05, 4.69) is 18.9 Å². The standard InChI is InChI=1S/C6H10N2O.C3H8/c1-8-4-6(3-7-8)5-9-2;1-3-2/h3-4H,5H2,1-2H3;3H2,1-2H3. The van der Waals surface area contributed by atoms with Crippen molar-refractivity contribution in [3.63, 3.8) is 0 Å². The second kappa shape index (κ2) is 6.85. The zero-order chi connectivity index (χ0) is 9.40. The summed E-state index contributed by atoms with van der Waals surface area (Å²) in [7, 11) is 3.56. The van der Waals surface area contributed by atoms with E-state index in [-0.39, 0.29) is 0 Å². The zero-order valence-electron chi connectivity index (χ0n) is 8.37. The van der Waals surface area contributed by atoms with Gasteiger partial charge in [0.15, 0.2) is 0 Å². The Hall–Kier alpha value is -0.830. The highest BCUT2D eigenvalue weighted by molar-refractivity contribution is 5.00. The molecule has 0 radical (unpaired) electrons. The Balaban J connectivity index is 0.000000354. The molecule has 0 spiro atoms. The van der Waals surface area contributed by atoms with Gasteiger partial charge in [0.2, 0.25) is 0 Å². The number of methoxy groups -OCH3 is 1. The lowest BCUT2D eigenvalue weighted by Crippen LogP contribution is -1.85. The fraction of sp³-hybridized carbons (Fsp3) is 0.667. The first-order chi connectivity index (χ1) is 5.74. The lowest BCUT2D eigenvalue weighted by molar-refractivity contribution is 0.185. The molecule has 1 heterocycles. The van der Waals surface area contributed by atoms with E-state index < -0.39 is 0 Å². The van der Waals surface area contributed by atoms with E-state index in [0.29, 0.717) is 6.61 Å². The molecular weight excluding hydrogens is 152 g/mol. The molecule has 0 aliphatic rings. The minimum atomic E-state index is 0.647. The molecule has 0 unspecified atom stereocenters. The summed E-state index contributed by atoms with van der Waals surface area (Å²) in [5.74, 6) is 0. The summed E-state index contributed by atoms with van der Waals surface area (Å²) in [5.41, 5.74) is 1.11. The van der Waals surface area contributed by atoms with Crippen molar-refractivity contribution in [2.24, 2.45) is 7.05 Å². The van der Waals surface area contributed by atoms with Crippen molar-refractivity contribution in [1.82, 2.24) is 9.78 Å². The number of ether oxygens (including phenoxy) is 1. The van der Waals surface area contributed by atoms with Gasteiger partial charge in [-0.1, -0.05) is 20.3 Å². The Morgan fingerprint density at radius 1 is 1.50 bits per heavy atom. The smallest absolute Gasteiger partial charge is 0.0743 e. The molecule has 1 aromatic heterocycles. The van der Waals surface area contributed by atoms with Crippen LogP contribution in [0.4, 0.5) is 0 Å². The number of aryl methyl sites for hydroxylation is 1. The van der Waals surface area contributed by atoms with Crippen LogP contribution < -0.4 is 0 Å². The summed E-state index contributed by atoms with van der Waals surface area (Å²) in [6.07, 6.45) is 4.98. The van der Waals surface area contributed by atoms with Gasteiger partial charge in [-0.2, -0.15) is 5.10 Å². The third-order valence-electron chi connectivity index (χ3n) is 1.07. The molecular formula is C9H18N2O. The first-order valence-corrected chi connectivity index (χ1v) is 4.21. The number of hydrogen-bond donors (Lipinski definition) is 0. The van der Waals surface area contributed by atoms with Crippen molar-refractivity contribution in [1.29, 1.82) is 0 Å². The molecule has 1 rings (SSSR count). The summed E-state index contributed by atoms with van der Waals surface area (Å²) in [6.45, 7) is 4.90. The predicted molar refractivity (Wildman–Crippen MR) is 49.9 cm³/mol. The van der Waals surface area contributed by atoms with Crippen LogP contribution in [0.25, 0.3) is 0 Å². The van der Waals surface area contributed by atoms with Crippen LogP contribution in [0.2, 0.25) is 0 Å². The first kappa shape index (κ1) is 11.2. The second-order valence-corrected chi connectivity index (χ2v) is 2.66. The quantitative estimate of drug-likeness (QED) is 0.678. The van der Waals surface area contributed by atoms with Gasteiger partial charge in [-0.25, -0.2) is 0 Å². The van der Waals surface area contributed by atoms with Crippen LogP contribution in [0.5, 0.6) is 0 Å². The van der Waals surface area contributed by atoms with Crippen molar-refractivity contribution in [2.45, 2.75) is 26.9 Å². The molecule has 0 aromatic carbocycles. The average molecular weight is 170 g/mol. The molecule has 0 saturated carbocycles. The molecule has 0 fully saturated rings. The van der Waals surface area contributed by atoms with Crippen LogP contribution in [-0.2, 0) is 18.4 Å². The number of aromatic nitrogens is 2. The highest BCUT2D eigenvalue weighted by atomic mass is 16.5. The Kier molecular flexibility index (Phi) is 6.38. The fourth-order valence-electron chi connectivity index (χ4n) is 0.713. The molecule has 0 N–H and O–H groups in total. The molecule has 1 aromatic rings. The summed E-state index contributed by atoms with van der Waals surface area (Å²) in [5, 5.41) is 3.97. The van der Waals surface area contributed by atoms with Gasteiger partial charge >= 0.3 is 0 Å². The highest BCUT2D eigenvalue weighted by Crippen LogP contribution is 1.96. The zero-order valence-corrected chi connectivity index (χ0v) is 8.37. The minimum Gasteiger partial charge on any atom is -0.380 e. The molecule has 0 aliphatic heterocycles. The summed E-state index contributed by atoms with van der Waals surface area (Å²) >= 11 is 0. The van der Waals surface area contributed by atoms with Crippen LogP contribution >= 0.6 is 0 Å². The van der Waals surface area contributed by atoms with Crippen LogP contribution in [0, 0.1) is 0 Å². The van der Waals surface area contributed by atoms with Crippen molar-refractivity contribution in [3.8, 4) is 0 Å². The van der Waals surface area contributed by atoms with Gasteiger partial charge in [0, 0.05) is 25.9 Å². The van der Waals surface area contributed by atoms with Crippen LogP contribution in [0.3, 0.4) is 0 Å².